The molecule has 2 aromatic carbocycles. The van der Waals surface area contributed by atoms with Crippen molar-refractivity contribution in [3.8, 4) is 11.4 Å². The molecule has 4 nitrogen and oxygen atoms in total. The average molecular weight is 340 g/mol. The Kier molecular flexibility index (Phi) is 4.70. The summed E-state index contributed by atoms with van der Waals surface area (Å²) in [6.07, 6.45) is 7.43. The average Bonchev–Trinajstić information content (AvgIpc) is 3.14. The van der Waals surface area contributed by atoms with Crippen LogP contribution in [0.2, 0.25) is 0 Å². The molecule has 0 saturated carbocycles. The molecule has 0 fully saturated rings. The number of hydrogen-bond acceptors (Lipinski definition) is 3. The number of allylic oxidation sites excluding steroid dienone is 1. The first-order chi connectivity index (χ1) is 12.1. The maximum absolute atomic E-state index is 14.2. The molecule has 0 aliphatic heterocycles. The second-order valence-corrected chi connectivity index (χ2v) is 5.23. The lowest BCUT2D eigenvalue weighted by molar-refractivity contribution is 0.104. The van der Waals surface area contributed by atoms with Crippen molar-refractivity contribution in [1.29, 1.82) is 0 Å². The number of imidazole rings is 1. The molecule has 25 heavy (non-hydrogen) atoms. The highest BCUT2D eigenvalue weighted by atomic mass is 19.1. The van der Waals surface area contributed by atoms with Gasteiger partial charge in [-0.1, -0.05) is 12.1 Å². The summed E-state index contributed by atoms with van der Waals surface area (Å²) in [5.41, 5.74) is 1.06. The molecule has 0 bridgehead atoms. The van der Waals surface area contributed by atoms with Crippen LogP contribution in [0.4, 0.5) is 8.78 Å². The summed E-state index contributed by atoms with van der Waals surface area (Å²) >= 11 is 0. The number of aromatic nitrogens is 2. The molecule has 1 heterocycles. The van der Waals surface area contributed by atoms with Crippen LogP contribution in [0, 0.1) is 11.6 Å². The predicted octanol–water partition coefficient (Wildman–Crippen LogP) is 4.06. The standard InChI is InChI=1S/C19H14F2N2O2/c1-25-19-7-4-14(11-16(19)21)18(24)6-3-13-2-5-17(15(20)10-13)23-9-8-22-12-23/h2-12H,1H3/b6-3+. The lowest BCUT2D eigenvalue weighted by Gasteiger charge is -2.05. The zero-order valence-corrected chi connectivity index (χ0v) is 13.3. The molecule has 126 valence electrons. The first-order valence-corrected chi connectivity index (χ1v) is 7.42. The minimum Gasteiger partial charge on any atom is -0.494 e. The number of rotatable bonds is 5. The van der Waals surface area contributed by atoms with E-state index >= 15 is 0 Å². The zero-order valence-electron chi connectivity index (χ0n) is 13.3. The lowest BCUT2D eigenvalue weighted by Crippen LogP contribution is -1.97. The van der Waals surface area contributed by atoms with Gasteiger partial charge in [0.05, 0.1) is 19.1 Å². The van der Waals surface area contributed by atoms with Crippen molar-refractivity contribution in [2.75, 3.05) is 7.11 Å². The molecular weight excluding hydrogens is 326 g/mol. The third kappa shape index (κ3) is 3.63. The normalized spacial score (nSPS) is 11.0. The Hall–Kier alpha value is -3.28. The van der Waals surface area contributed by atoms with E-state index in [9.17, 15) is 13.6 Å². The van der Waals surface area contributed by atoms with Gasteiger partial charge in [-0.25, -0.2) is 13.8 Å². The molecule has 0 aliphatic rings. The van der Waals surface area contributed by atoms with E-state index < -0.39 is 11.6 Å². The number of methoxy groups -OCH3 is 1. The minimum absolute atomic E-state index is 0.0673. The number of hydrogen-bond donors (Lipinski definition) is 0. The molecule has 3 rings (SSSR count). The third-order valence-electron chi connectivity index (χ3n) is 3.62. The van der Waals surface area contributed by atoms with Gasteiger partial charge < -0.3 is 9.30 Å². The zero-order chi connectivity index (χ0) is 17.8. The Morgan fingerprint density at radius 2 is 2.00 bits per heavy atom. The van der Waals surface area contributed by atoms with Crippen molar-refractivity contribution >= 4 is 11.9 Å². The number of benzene rings is 2. The number of ketones is 1. The highest BCUT2D eigenvalue weighted by Gasteiger charge is 2.08. The van der Waals surface area contributed by atoms with Gasteiger partial charge in [0.2, 0.25) is 0 Å². The van der Waals surface area contributed by atoms with E-state index in [0.29, 0.717) is 11.3 Å². The van der Waals surface area contributed by atoms with Crippen LogP contribution < -0.4 is 4.74 Å². The van der Waals surface area contributed by atoms with Gasteiger partial charge in [-0.2, -0.15) is 0 Å². The van der Waals surface area contributed by atoms with Crippen molar-refractivity contribution in [3.05, 3.63) is 84.0 Å². The van der Waals surface area contributed by atoms with Crippen LogP contribution in [0.1, 0.15) is 15.9 Å². The van der Waals surface area contributed by atoms with Crippen LogP contribution in [0.15, 0.2) is 61.2 Å². The largest absolute Gasteiger partial charge is 0.494 e. The van der Waals surface area contributed by atoms with E-state index in [-0.39, 0.29) is 17.1 Å². The van der Waals surface area contributed by atoms with Crippen LogP contribution in [0.25, 0.3) is 11.8 Å². The summed E-state index contributed by atoms with van der Waals surface area (Å²) < 4.78 is 34.2. The highest BCUT2D eigenvalue weighted by molar-refractivity contribution is 6.06. The molecular formula is C19H14F2N2O2. The summed E-state index contributed by atoms with van der Waals surface area (Å²) in [6, 6.07) is 8.54. The summed E-state index contributed by atoms with van der Waals surface area (Å²) in [4.78, 5) is 16.0. The summed E-state index contributed by atoms with van der Waals surface area (Å²) in [6.45, 7) is 0. The number of carbonyl (C=O) groups excluding carboxylic acids is 1. The number of nitrogens with zero attached hydrogens (tertiary/aromatic N) is 2. The van der Waals surface area contributed by atoms with Crippen molar-refractivity contribution in [3.63, 3.8) is 0 Å². The molecule has 0 unspecified atom stereocenters. The summed E-state index contributed by atoms with van der Waals surface area (Å²) in [5, 5.41) is 0. The Bertz CT molecular complexity index is 935. The molecule has 1 aromatic heterocycles. The van der Waals surface area contributed by atoms with Gasteiger partial charge in [-0.15, -0.1) is 0 Å². The van der Waals surface area contributed by atoms with Crippen LogP contribution in [0.5, 0.6) is 5.75 Å². The van der Waals surface area contributed by atoms with Gasteiger partial charge in [0.1, 0.15) is 5.82 Å². The van der Waals surface area contributed by atoms with E-state index in [4.69, 9.17) is 4.74 Å². The van der Waals surface area contributed by atoms with Crippen LogP contribution in [-0.4, -0.2) is 22.4 Å². The first-order valence-electron chi connectivity index (χ1n) is 7.42. The minimum atomic E-state index is -0.613. The monoisotopic (exact) mass is 340 g/mol. The molecule has 6 heteroatoms. The topological polar surface area (TPSA) is 44.1 Å². The Morgan fingerprint density at radius 1 is 1.16 bits per heavy atom. The molecule has 0 N–H and O–H groups in total. The maximum Gasteiger partial charge on any atom is 0.185 e. The molecule has 0 aliphatic carbocycles. The fourth-order valence-corrected chi connectivity index (χ4v) is 2.33. The molecule has 0 atom stereocenters. The molecule has 0 saturated heterocycles. The molecule has 0 amide bonds. The van der Waals surface area contributed by atoms with E-state index in [1.54, 1.807) is 29.1 Å². The SMILES string of the molecule is COc1ccc(C(=O)/C=C/c2ccc(-n3ccnc3)c(F)c2)cc1F. The van der Waals surface area contributed by atoms with Crippen LogP contribution in [-0.2, 0) is 0 Å². The summed E-state index contributed by atoms with van der Waals surface area (Å²) in [5.74, 6) is -1.38. The van der Waals surface area contributed by atoms with E-state index in [2.05, 4.69) is 4.98 Å². The number of carbonyl (C=O) groups is 1. The molecule has 3 aromatic rings. The van der Waals surface area contributed by atoms with Gasteiger partial charge in [-0.3, -0.25) is 4.79 Å². The Labute approximate surface area is 143 Å². The van der Waals surface area contributed by atoms with Crippen LogP contribution >= 0.6 is 0 Å². The predicted molar refractivity (Wildman–Crippen MR) is 89.8 cm³/mol. The Balaban J connectivity index is 1.78. The van der Waals surface area contributed by atoms with Gasteiger partial charge in [0.25, 0.3) is 0 Å². The highest BCUT2D eigenvalue weighted by Crippen LogP contribution is 2.19. The fourth-order valence-electron chi connectivity index (χ4n) is 2.33. The second-order valence-electron chi connectivity index (χ2n) is 5.23. The fraction of sp³-hybridized carbons (Fsp3) is 0.0526. The maximum atomic E-state index is 14.2. The van der Waals surface area contributed by atoms with Gasteiger partial charge in [0.15, 0.2) is 17.3 Å². The van der Waals surface area contributed by atoms with Crippen molar-refractivity contribution in [2.45, 2.75) is 0 Å². The second kappa shape index (κ2) is 7.09. The summed E-state index contributed by atoms with van der Waals surface area (Å²) in [7, 11) is 1.35. The third-order valence-corrected chi connectivity index (χ3v) is 3.62. The van der Waals surface area contributed by atoms with Gasteiger partial charge >= 0.3 is 0 Å². The van der Waals surface area contributed by atoms with Crippen LogP contribution in [0.3, 0.4) is 0 Å². The first kappa shape index (κ1) is 16.6. The molecule has 0 radical (unpaired) electrons. The molecule has 0 spiro atoms. The quantitative estimate of drug-likeness (QED) is 0.520. The smallest absolute Gasteiger partial charge is 0.185 e. The number of ether oxygens (including phenoxy) is 1. The Morgan fingerprint density at radius 3 is 2.64 bits per heavy atom. The van der Waals surface area contributed by atoms with Crippen molar-refractivity contribution in [2.24, 2.45) is 0 Å². The van der Waals surface area contributed by atoms with E-state index in [1.165, 1.54) is 43.8 Å². The lowest BCUT2D eigenvalue weighted by atomic mass is 10.1. The van der Waals surface area contributed by atoms with Crippen molar-refractivity contribution in [1.82, 2.24) is 9.55 Å². The van der Waals surface area contributed by atoms with Gasteiger partial charge in [-0.05, 0) is 42.0 Å². The van der Waals surface area contributed by atoms with Crippen molar-refractivity contribution < 1.29 is 18.3 Å². The van der Waals surface area contributed by atoms with E-state index in [0.717, 1.165) is 6.07 Å². The van der Waals surface area contributed by atoms with Gasteiger partial charge in [0, 0.05) is 18.0 Å². The number of halogens is 2. The van der Waals surface area contributed by atoms with E-state index in [1.807, 2.05) is 0 Å².